The Hall–Kier alpha value is -5.93. The van der Waals surface area contributed by atoms with E-state index in [9.17, 15) is 50.7 Å². The average Bonchev–Trinajstić information content (AvgIpc) is 3.69. The summed E-state index contributed by atoms with van der Waals surface area (Å²) in [5, 5.41) is 2.31. The topological polar surface area (TPSA) is 145 Å². The summed E-state index contributed by atoms with van der Waals surface area (Å²) in [7, 11) is 0. The number of halogens is 5. The number of hydrogen-bond acceptors (Lipinski definition) is 9. The Morgan fingerprint density at radius 3 is 2.16 bits per heavy atom. The monoisotopic (exact) mass is 810 g/mol. The molecule has 3 aromatic rings. The van der Waals surface area contributed by atoms with Crippen LogP contribution in [0.25, 0.3) is 6.08 Å². The zero-order valence-electron chi connectivity index (χ0n) is 31.0. The molecule has 1 aliphatic carbocycles. The number of anilines is 1. The van der Waals surface area contributed by atoms with Crippen molar-refractivity contribution in [3.05, 3.63) is 95.6 Å². The second-order valence-electron chi connectivity index (χ2n) is 14.4. The van der Waals surface area contributed by atoms with Crippen molar-refractivity contribution >= 4 is 47.3 Å². The van der Waals surface area contributed by atoms with Crippen molar-refractivity contribution in [3.63, 3.8) is 0 Å². The fraction of sp³-hybridized carbons (Fsp3) is 0.381. The van der Waals surface area contributed by atoms with Crippen LogP contribution in [-0.2, 0) is 35.1 Å². The second-order valence-corrected chi connectivity index (χ2v) is 14.4. The van der Waals surface area contributed by atoms with Crippen molar-refractivity contribution < 1.29 is 64.9 Å². The molecule has 0 bridgehead atoms. The van der Waals surface area contributed by atoms with Gasteiger partial charge in [0.2, 0.25) is 23.6 Å². The van der Waals surface area contributed by atoms with Crippen LogP contribution in [-0.4, -0.2) is 60.9 Å². The second kappa shape index (κ2) is 17.7. The van der Waals surface area contributed by atoms with Crippen LogP contribution in [0.1, 0.15) is 66.4 Å². The van der Waals surface area contributed by atoms with Crippen molar-refractivity contribution in [1.82, 2.24) is 5.32 Å². The maximum Gasteiger partial charge on any atom is 0.453 e. The Bertz CT molecular complexity index is 2050. The Labute approximate surface area is 329 Å². The van der Waals surface area contributed by atoms with Crippen LogP contribution >= 0.6 is 0 Å². The summed E-state index contributed by atoms with van der Waals surface area (Å²) in [6.45, 7) is -0.146. The normalized spacial score (nSPS) is 20.5. The summed E-state index contributed by atoms with van der Waals surface area (Å²) < 4.78 is 78.6. The van der Waals surface area contributed by atoms with Crippen LogP contribution in [0.4, 0.5) is 27.6 Å². The van der Waals surface area contributed by atoms with E-state index in [1.165, 1.54) is 47.4 Å². The summed E-state index contributed by atoms with van der Waals surface area (Å²) in [5.74, 6) is -9.34. The van der Waals surface area contributed by atoms with E-state index in [4.69, 9.17) is 14.2 Å². The molecule has 58 heavy (non-hydrogen) atoms. The van der Waals surface area contributed by atoms with Gasteiger partial charge in [-0.05, 0) is 110 Å². The Morgan fingerprint density at radius 1 is 0.776 bits per heavy atom. The van der Waals surface area contributed by atoms with Gasteiger partial charge >= 0.3 is 24.0 Å². The van der Waals surface area contributed by atoms with Gasteiger partial charge in [0.15, 0.2) is 0 Å². The van der Waals surface area contributed by atoms with Gasteiger partial charge in [-0.1, -0.05) is 24.3 Å². The molecule has 3 aliphatic rings. The number of amides is 4. The lowest BCUT2D eigenvalue weighted by Gasteiger charge is -2.27. The molecule has 4 unspecified atom stereocenters. The van der Waals surface area contributed by atoms with Crippen LogP contribution < -0.4 is 19.7 Å². The highest BCUT2D eigenvalue weighted by molar-refractivity contribution is 6.23. The first-order valence-corrected chi connectivity index (χ1v) is 18.8. The van der Waals surface area contributed by atoms with Gasteiger partial charge in [-0.25, -0.2) is 9.59 Å². The first-order valence-electron chi connectivity index (χ1n) is 18.8. The summed E-state index contributed by atoms with van der Waals surface area (Å²) in [4.78, 5) is 76.6. The number of nitrogens with one attached hydrogen (secondary N) is 1. The van der Waals surface area contributed by atoms with Gasteiger partial charge in [0.1, 0.15) is 11.5 Å². The summed E-state index contributed by atoms with van der Waals surface area (Å²) in [5.41, 5.74) is 2.27. The Morgan fingerprint density at radius 2 is 1.47 bits per heavy atom. The van der Waals surface area contributed by atoms with Gasteiger partial charge in [-0.3, -0.25) is 29.4 Å². The maximum atomic E-state index is 13.3. The van der Waals surface area contributed by atoms with Crippen molar-refractivity contribution in [2.24, 2.45) is 23.7 Å². The molecule has 0 radical (unpaired) electrons. The summed E-state index contributed by atoms with van der Waals surface area (Å²) in [6.07, 6.45) is -1.42. The van der Waals surface area contributed by atoms with Crippen molar-refractivity contribution in [3.8, 4) is 11.5 Å². The van der Waals surface area contributed by atoms with E-state index in [1.807, 2.05) is 12.1 Å². The first-order chi connectivity index (χ1) is 27.6. The van der Waals surface area contributed by atoms with Gasteiger partial charge in [0, 0.05) is 24.8 Å². The number of unbranched alkanes of at least 4 members (excludes halogenated alkanes) is 2. The molecule has 1 saturated carbocycles. The number of esters is 2. The number of rotatable bonds is 16. The third-order valence-electron chi connectivity index (χ3n) is 10.4. The standard InChI is InChI=1S/C42H39F5N2O9/c43-41(44,42(45,46)47)20-4-22-56-29-17-11-27(12-18-29)40(55)58-30-15-8-26(9-16-30)10-19-35(51)57-21-3-1-2-5-25-6-13-28(14-7-25)49-38(53)33-23-32-31(36(33)39(49)54)24-34(50)48-37(32)52/h6-19,31-33,36H,1-5,20-24H2,(H,48,50,52)/b19-10+. The van der Waals surface area contributed by atoms with E-state index in [0.29, 0.717) is 17.7 Å². The van der Waals surface area contributed by atoms with E-state index in [1.54, 1.807) is 30.3 Å². The fourth-order valence-electron chi connectivity index (χ4n) is 7.43. The zero-order valence-corrected chi connectivity index (χ0v) is 31.0. The molecule has 306 valence electrons. The lowest BCUT2D eigenvalue weighted by Crippen LogP contribution is -2.46. The van der Waals surface area contributed by atoms with E-state index < -0.39 is 72.4 Å². The average molecular weight is 811 g/mol. The van der Waals surface area contributed by atoms with Gasteiger partial charge in [-0.2, -0.15) is 22.0 Å². The predicted octanol–water partition coefficient (Wildman–Crippen LogP) is 7.02. The van der Waals surface area contributed by atoms with E-state index >= 15 is 0 Å². The summed E-state index contributed by atoms with van der Waals surface area (Å²) >= 11 is 0. The number of hydrogen-bond donors (Lipinski definition) is 1. The zero-order chi connectivity index (χ0) is 41.6. The molecule has 11 nitrogen and oxygen atoms in total. The summed E-state index contributed by atoms with van der Waals surface area (Å²) in [6, 6.07) is 18.9. The molecule has 0 spiro atoms. The smallest absolute Gasteiger partial charge is 0.453 e. The first kappa shape index (κ1) is 41.7. The molecule has 2 saturated heterocycles. The Kier molecular flexibility index (Phi) is 12.7. The quantitative estimate of drug-likeness (QED) is 0.0403. The largest absolute Gasteiger partial charge is 0.494 e. The van der Waals surface area contributed by atoms with Gasteiger partial charge < -0.3 is 14.2 Å². The fourth-order valence-corrected chi connectivity index (χ4v) is 7.43. The molecule has 4 amide bonds. The minimum atomic E-state index is -5.62. The highest BCUT2D eigenvalue weighted by Crippen LogP contribution is 2.51. The minimum Gasteiger partial charge on any atom is -0.494 e. The molecular weight excluding hydrogens is 771 g/mol. The van der Waals surface area contributed by atoms with Crippen LogP contribution in [0.15, 0.2) is 78.9 Å². The number of aryl methyl sites for hydroxylation is 1. The van der Waals surface area contributed by atoms with E-state index in [-0.39, 0.29) is 54.9 Å². The predicted molar refractivity (Wildman–Crippen MR) is 196 cm³/mol. The van der Waals surface area contributed by atoms with Crippen molar-refractivity contribution in [2.75, 3.05) is 18.1 Å². The van der Waals surface area contributed by atoms with Gasteiger partial charge in [-0.15, -0.1) is 0 Å². The highest BCUT2D eigenvalue weighted by atomic mass is 19.4. The molecule has 3 fully saturated rings. The number of carbonyl (C=O) groups is 6. The number of carbonyl (C=O) groups excluding carboxylic acids is 6. The van der Waals surface area contributed by atoms with E-state index in [2.05, 4.69) is 5.32 Å². The number of benzene rings is 3. The van der Waals surface area contributed by atoms with Crippen LogP contribution in [0, 0.1) is 23.7 Å². The van der Waals surface area contributed by atoms with Crippen LogP contribution in [0.2, 0.25) is 0 Å². The molecule has 1 N–H and O–H groups in total. The highest BCUT2D eigenvalue weighted by Gasteiger charge is 2.61. The molecular formula is C42H39F5N2O9. The molecule has 3 aromatic carbocycles. The molecule has 4 atom stereocenters. The van der Waals surface area contributed by atoms with Crippen molar-refractivity contribution in [1.29, 1.82) is 0 Å². The molecule has 0 aromatic heterocycles. The SMILES string of the molecule is O=C1CC2C(CC3C(=O)N(c4ccc(CCCCCOC(=O)/C=C/c5ccc(OC(=O)c6ccc(OCCCC(F)(F)C(F)(F)F)cc6)cc5)cc4)C(=O)C32)C(=O)N1. The number of ether oxygens (including phenoxy) is 3. The lowest BCUT2D eigenvalue weighted by atomic mass is 9.82. The number of nitrogens with zero attached hydrogens (tertiary/aromatic N) is 1. The minimum absolute atomic E-state index is 0.0595. The maximum absolute atomic E-state index is 13.3. The third-order valence-corrected chi connectivity index (χ3v) is 10.4. The number of piperidine rings is 1. The molecule has 6 rings (SSSR count). The lowest BCUT2D eigenvalue weighted by molar-refractivity contribution is -0.284. The van der Waals surface area contributed by atoms with Gasteiger partial charge in [0.05, 0.1) is 36.3 Å². The third kappa shape index (κ3) is 9.77. The molecule has 2 heterocycles. The number of imide groups is 2. The number of fused-ring (bicyclic) bond motifs is 3. The van der Waals surface area contributed by atoms with Crippen molar-refractivity contribution in [2.45, 2.75) is 63.5 Å². The number of alkyl halides is 5. The molecule has 16 heteroatoms. The van der Waals surface area contributed by atoms with Crippen LogP contribution in [0.3, 0.4) is 0 Å². The van der Waals surface area contributed by atoms with E-state index in [0.717, 1.165) is 24.8 Å². The van der Waals surface area contributed by atoms with Crippen LogP contribution in [0.5, 0.6) is 11.5 Å². The van der Waals surface area contributed by atoms with Gasteiger partial charge in [0.25, 0.3) is 0 Å². The Balaban J connectivity index is 0.851. The molecule has 2 aliphatic heterocycles.